The lowest BCUT2D eigenvalue weighted by molar-refractivity contribution is -0.940. The Kier molecular flexibility index (Phi) is 14.7. The molecule has 2 aliphatic heterocycles. The number of hydrogen-bond donors (Lipinski definition) is 0. The average molecular weight is 943 g/mol. The molecule has 0 radical (unpaired) electrons. The fourth-order valence-electron chi connectivity index (χ4n) is 14.3. The maximum Gasteiger partial charge on any atom is 0.303 e. The first kappa shape index (κ1) is 48.1. The van der Waals surface area contributed by atoms with Crippen molar-refractivity contribution in [2.45, 2.75) is 149 Å². The minimum Gasteiger partial charge on any atom is -1.00 e. The van der Waals surface area contributed by atoms with Crippen LogP contribution in [-0.2, 0) is 23.9 Å². The molecule has 2 saturated heterocycles. The Balaban J connectivity index is 0.000000217. The molecule has 0 bridgehead atoms. The summed E-state index contributed by atoms with van der Waals surface area (Å²) < 4.78 is 15.2. The lowest BCUT2D eigenvalue weighted by Crippen LogP contribution is -3.00. The molecule has 6 aliphatic rings. The summed E-state index contributed by atoms with van der Waals surface area (Å²) in [4.78, 5) is 45.0. The summed E-state index contributed by atoms with van der Waals surface area (Å²) in [5.41, 5.74) is 3.88. The molecule has 64 heavy (non-hydrogen) atoms. The van der Waals surface area contributed by atoms with Crippen molar-refractivity contribution in [3.63, 3.8) is 0 Å². The molecular formula is C51H72BrN7O5. The van der Waals surface area contributed by atoms with Crippen molar-refractivity contribution in [1.82, 2.24) is 19.5 Å². The van der Waals surface area contributed by atoms with Crippen LogP contribution in [0.2, 0.25) is 0 Å². The molecule has 1 aromatic carbocycles. The zero-order chi connectivity index (χ0) is 44.7. The molecule has 4 heterocycles. The van der Waals surface area contributed by atoms with E-state index in [1.165, 1.54) is 96.3 Å². The van der Waals surface area contributed by atoms with E-state index in [0.29, 0.717) is 53.0 Å². The monoisotopic (exact) mass is 941 g/mol. The van der Waals surface area contributed by atoms with E-state index in [0.717, 1.165) is 46.9 Å². The van der Waals surface area contributed by atoms with Gasteiger partial charge in [0.2, 0.25) is 5.91 Å². The number of hydrogen-bond acceptors (Lipinski definition) is 9. The number of likely N-dealkylation sites (tertiary alicyclic amines) is 2. The zero-order valence-electron chi connectivity index (χ0n) is 39.4. The van der Waals surface area contributed by atoms with Gasteiger partial charge in [0.25, 0.3) is 0 Å². The van der Waals surface area contributed by atoms with Crippen molar-refractivity contribution in [3.8, 4) is 17.3 Å². The number of anilines is 1. The SMILES string of the molecule is CC(=O)O[C@H]1C[C@@H]2CC[C@@H]3[C@H](CC[C@@]4(C)[C@H]3C[C@H]([N+]3(C)CCCCC3)[C@@H]4OC(C)=O)[C@@]2(C)C[C@@H]1N1CCCCC1.CCN(C(C)=O)c1cccc(-c2ccnc3c(C#N)cnn23)c1.[Br-]. The summed E-state index contributed by atoms with van der Waals surface area (Å²) >= 11 is 0. The number of ether oxygens (including phenoxy) is 2. The lowest BCUT2D eigenvalue weighted by atomic mass is 9.44. The van der Waals surface area contributed by atoms with Gasteiger partial charge in [0.15, 0.2) is 11.8 Å². The van der Waals surface area contributed by atoms with Gasteiger partial charge >= 0.3 is 11.9 Å². The summed E-state index contributed by atoms with van der Waals surface area (Å²) in [6.45, 7) is 17.2. The molecule has 4 saturated carbocycles. The number of amides is 1. The normalized spacial score (nSPS) is 33.1. The first-order chi connectivity index (χ1) is 30.2. The van der Waals surface area contributed by atoms with Gasteiger partial charge < -0.3 is 35.8 Å². The van der Waals surface area contributed by atoms with E-state index < -0.39 is 0 Å². The third-order valence-electron chi connectivity index (χ3n) is 17.4. The second-order valence-electron chi connectivity index (χ2n) is 20.8. The molecule has 0 N–H and O–H groups in total. The molecule has 348 valence electrons. The number of carbonyl (C=O) groups excluding carboxylic acids is 3. The van der Waals surface area contributed by atoms with Crippen LogP contribution in [0.1, 0.15) is 131 Å². The number of nitrogens with zero attached hydrogens (tertiary/aromatic N) is 7. The molecule has 9 rings (SSSR count). The summed E-state index contributed by atoms with van der Waals surface area (Å²) in [5.74, 6) is 2.50. The van der Waals surface area contributed by atoms with Crippen LogP contribution in [0.4, 0.5) is 5.69 Å². The second-order valence-corrected chi connectivity index (χ2v) is 20.8. The number of carbonyl (C=O) groups is 3. The fraction of sp³-hybridized carbons (Fsp3) is 0.686. The predicted molar refractivity (Wildman–Crippen MR) is 243 cm³/mol. The molecule has 6 fully saturated rings. The van der Waals surface area contributed by atoms with Gasteiger partial charge in [0.05, 0.1) is 32.0 Å². The molecular weight excluding hydrogens is 871 g/mol. The highest BCUT2D eigenvalue weighted by Gasteiger charge is 2.67. The largest absolute Gasteiger partial charge is 1.00 e. The number of likely N-dealkylation sites (N-methyl/N-ethyl adjacent to an activating group) is 1. The Bertz CT molecular complexity index is 2200. The number of quaternary nitrogens is 1. The Morgan fingerprint density at radius 1 is 0.922 bits per heavy atom. The van der Waals surface area contributed by atoms with Crippen LogP contribution in [0, 0.1) is 45.8 Å². The first-order valence-electron chi connectivity index (χ1n) is 24.2. The van der Waals surface area contributed by atoms with E-state index >= 15 is 0 Å². The highest BCUT2D eigenvalue weighted by molar-refractivity contribution is 5.92. The molecule has 0 spiro atoms. The van der Waals surface area contributed by atoms with Crippen LogP contribution in [0.15, 0.2) is 42.7 Å². The van der Waals surface area contributed by atoms with Crippen molar-refractivity contribution >= 4 is 29.2 Å². The van der Waals surface area contributed by atoms with Gasteiger partial charge in [-0.3, -0.25) is 19.3 Å². The summed E-state index contributed by atoms with van der Waals surface area (Å²) in [5, 5.41) is 13.4. The van der Waals surface area contributed by atoms with Crippen LogP contribution < -0.4 is 21.9 Å². The van der Waals surface area contributed by atoms with Crippen LogP contribution in [-0.4, -0.2) is 106 Å². The Hall–Kier alpha value is -3.86. The quantitative estimate of drug-likeness (QED) is 0.219. The molecule has 3 aromatic rings. The number of esters is 2. The highest BCUT2D eigenvalue weighted by atomic mass is 79.9. The van der Waals surface area contributed by atoms with Crippen LogP contribution in [0.5, 0.6) is 0 Å². The van der Waals surface area contributed by atoms with Crippen molar-refractivity contribution < 1.29 is 45.3 Å². The Morgan fingerprint density at radius 2 is 1.64 bits per heavy atom. The molecule has 2 aromatic heterocycles. The van der Waals surface area contributed by atoms with Crippen molar-refractivity contribution in [3.05, 3.63) is 48.3 Å². The van der Waals surface area contributed by atoms with Crippen molar-refractivity contribution in [1.29, 1.82) is 5.26 Å². The van der Waals surface area contributed by atoms with Gasteiger partial charge in [-0.2, -0.15) is 10.4 Å². The number of halogens is 1. The van der Waals surface area contributed by atoms with Crippen LogP contribution >= 0.6 is 0 Å². The number of rotatable bonds is 7. The Labute approximate surface area is 391 Å². The molecule has 12 nitrogen and oxygen atoms in total. The highest BCUT2D eigenvalue weighted by Crippen LogP contribution is 2.67. The van der Waals surface area contributed by atoms with E-state index in [2.05, 4.69) is 41.9 Å². The summed E-state index contributed by atoms with van der Waals surface area (Å²) in [7, 11) is 2.47. The average Bonchev–Trinajstić information content (AvgIpc) is 3.83. The first-order valence-corrected chi connectivity index (χ1v) is 24.2. The zero-order valence-corrected chi connectivity index (χ0v) is 41.0. The van der Waals surface area contributed by atoms with Gasteiger partial charge in [0, 0.05) is 62.6 Å². The topological polar surface area (TPSA) is 130 Å². The predicted octanol–water partition coefficient (Wildman–Crippen LogP) is 5.61. The molecule has 0 unspecified atom stereocenters. The fourth-order valence-corrected chi connectivity index (χ4v) is 14.3. The molecule has 4 aliphatic carbocycles. The minimum absolute atomic E-state index is 0. The van der Waals surface area contributed by atoms with Gasteiger partial charge in [-0.25, -0.2) is 9.50 Å². The van der Waals surface area contributed by atoms with E-state index in [-0.39, 0.29) is 52.5 Å². The maximum absolute atomic E-state index is 12.5. The molecule has 1 amide bonds. The smallest absolute Gasteiger partial charge is 0.303 e. The van der Waals surface area contributed by atoms with Gasteiger partial charge in [-0.1, -0.05) is 32.4 Å². The van der Waals surface area contributed by atoms with E-state index in [1.54, 1.807) is 36.4 Å². The Morgan fingerprint density at radius 3 is 2.31 bits per heavy atom. The van der Waals surface area contributed by atoms with E-state index in [4.69, 9.17) is 14.7 Å². The number of piperidine rings is 2. The lowest BCUT2D eigenvalue weighted by Gasteiger charge is -2.62. The van der Waals surface area contributed by atoms with Crippen molar-refractivity contribution in [2.75, 3.05) is 44.7 Å². The third-order valence-corrected chi connectivity index (χ3v) is 17.4. The molecule has 13 heteroatoms. The van der Waals surface area contributed by atoms with Gasteiger partial charge in [-0.15, -0.1) is 0 Å². The van der Waals surface area contributed by atoms with E-state index in [1.807, 2.05) is 37.3 Å². The van der Waals surface area contributed by atoms with Crippen LogP contribution in [0.3, 0.4) is 0 Å². The van der Waals surface area contributed by atoms with E-state index in [9.17, 15) is 14.4 Å². The third kappa shape index (κ3) is 9.01. The standard InChI is InChI=1S/C34H57N2O4.C17H15N5O.BrH/c1-23(37)39-31-20-25-12-13-26-27(34(25,4)22-29(31)35-16-8-6-9-17-35)14-15-33(3)28(26)21-30(32(33)40-24(2)38)36(5)18-10-7-11-19-36;1-3-21(12(2)23)15-6-4-5-13(9-15)16-7-8-19-17-14(10-18)11-20-22(16)17;/h25-32H,6-22H2,1-5H3;4-9,11H,3H2,1-2H3;1H/q+1;;/p-1/t25-,26+,27-,28-,29-,30-,31-,32-,33-,34-;;/m0../s1. The number of nitriles is 1. The number of benzene rings is 1. The summed E-state index contributed by atoms with van der Waals surface area (Å²) in [6, 6.07) is 12.4. The van der Waals surface area contributed by atoms with Crippen molar-refractivity contribution in [2.24, 2.45) is 34.5 Å². The maximum atomic E-state index is 12.5. The van der Waals surface area contributed by atoms with Gasteiger partial charge in [0.1, 0.15) is 23.8 Å². The van der Waals surface area contributed by atoms with Gasteiger partial charge in [-0.05, 0) is 138 Å². The summed E-state index contributed by atoms with van der Waals surface area (Å²) in [6.07, 6.45) is 19.5. The minimum atomic E-state index is -0.111. The number of fused-ring (bicyclic) bond motifs is 6. The van der Waals surface area contributed by atoms with Crippen LogP contribution in [0.25, 0.3) is 16.9 Å². The number of aromatic nitrogens is 3. The second kappa shape index (κ2) is 19.5. The molecule has 10 atom stereocenters.